The summed E-state index contributed by atoms with van der Waals surface area (Å²) in [6.07, 6.45) is 1.35. The van der Waals surface area contributed by atoms with Crippen molar-refractivity contribution in [1.82, 2.24) is 15.5 Å². The first-order valence-electron chi connectivity index (χ1n) is 6.60. The number of nitrogens with one attached hydrogen (secondary N) is 1. The summed E-state index contributed by atoms with van der Waals surface area (Å²) in [5.74, 6) is 0.673. The Hall–Kier alpha value is -2.46. The van der Waals surface area contributed by atoms with E-state index >= 15 is 0 Å². The predicted molar refractivity (Wildman–Crippen MR) is 74.9 cm³/mol. The average molecular weight is 263 g/mol. The van der Waals surface area contributed by atoms with Gasteiger partial charge in [-0.2, -0.15) is 4.98 Å². The summed E-state index contributed by atoms with van der Waals surface area (Å²) in [4.78, 5) is 4.05. The molecule has 98 valence electrons. The van der Waals surface area contributed by atoms with Gasteiger partial charge in [-0.15, -0.1) is 0 Å². The molecule has 0 saturated heterocycles. The van der Waals surface area contributed by atoms with E-state index < -0.39 is 0 Å². The van der Waals surface area contributed by atoms with Gasteiger partial charge in [-0.3, -0.25) is 5.32 Å². The van der Waals surface area contributed by atoms with Crippen molar-refractivity contribution in [2.75, 3.05) is 0 Å². The molecule has 0 amide bonds. The van der Waals surface area contributed by atoms with Crippen LogP contribution in [0, 0.1) is 0 Å². The zero-order chi connectivity index (χ0) is 13.4. The van der Waals surface area contributed by atoms with Gasteiger partial charge in [0.15, 0.2) is 5.82 Å². The van der Waals surface area contributed by atoms with Gasteiger partial charge in [-0.25, -0.2) is 0 Å². The number of rotatable bonds is 3. The van der Waals surface area contributed by atoms with Crippen LogP contribution in [0.5, 0.6) is 0 Å². The minimum atomic E-state index is 0.181. The highest BCUT2D eigenvalue weighted by Crippen LogP contribution is 2.42. The molecule has 1 heterocycles. The van der Waals surface area contributed by atoms with E-state index in [0.29, 0.717) is 12.4 Å². The van der Waals surface area contributed by atoms with Crippen LogP contribution in [0.2, 0.25) is 0 Å². The molecule has 0 fully saturated rings. The molecule has 0 saturated carbocycles. The van der Waals surface area contributed by atoms with Crippen molar-refractivity contribution in [2.24, 2.45) is 0 Å². The van der Waals surface area contributed by atoms with E-state index in [2.05, 4.69) is 64.0 Å². The van der Waals surface area contributed by atoms with Gasteiger partial charge in [-0.1, -0.05) is 53.7 Å². The summed E-state index contributed by atoms with van der Waals surface area (Å²) in [6, 6.07) is 17.2. The molecule has 1 aromatic heterocycles. The highest BCUT2D eigenvalue weighted by atomic mass is 16.5. The molecule has 4 heteroatoms. The molecule has 3 aromatic rings. The van der Waals surface area contributed by atoms with E-state index in [9.17, 15) is 0 Å². The highest BCUT2D eigenvalue weighted by Gasteiger charge is 2.27. The molecule has 0 aliphatic heterocycles. The van der Waals surface area contributed by atoms with Gasteiger partial charge in [-0.05, 0) is 22.3 Å². The first-order valence-corrected chi connectivity index (χ1v) is 6.60. The van der Waals surface area contributed by atoms with E-state index in [4.69, 9.17) is 4.52 Å². The predicted octanol–water partition coefficient (Wildman–Crippen LogP) is 2.93. The van der Waals surface area contributed by atoms with Gasteiger partial charge < -0.3 is 4.52 Å². The van der Waals surface area contributed by atoms with Crippen LogP contribution < -0.4 is 5.32 Å². The molecule has 0 atom stereocenters. The Labute approximate surface area is 116 Å². The molecule has 0 bridgehead atoms. The van der Waals surface area contributed by atoms with E-state index in [1.165, 1.54) is 28.6 Å². The molecular weight excluding hydrogens is 250 g/mol. The molecule has 1 aliphatic rings. The Kier molecular flexibility index (Phi) is 2.60. The number of hydrogen-bond acceptors (Lipinski definition) is 4. The lowest BCUT2D eigenvalue weighted by atomic mass is 10.1. The highest BCUT2D eigenvalue weighted by molar-refractivity contribution is 5.78. The van der Waals surface area contributed by atoms with Crippen molar-refractivity contribution >= 4 is 0 Å². The normalized spacial score (nSPS) is 13.2. The molecule has 4 rings (SSSR count). The lowest BCUT2D eigenvalue weighted by Crippen LogP contribution is -2.20. The Morgan fingerprint density at radius 3 is 2.20 bits per heavy atom. The second kappa shape index (κ2) is 4.58. The minimum Gasteiger partial charge on any atom is -0.343 e. The number of benzene rings is 2. The van der Waals surface area contributed by atoms with Crippen LogP contribution >= 0.6 is 0 Å². The molecule has 0 unspecified atom stereocenters. The molecule has 0 spiro atoms. The van der Waals surface area contributed by atoms with Crippen LogP contribution in [0.4, 0.5) is 0 Å². The summed E-state index contributed by atoms with van der Waals surface area (Å²) >= 11 is 0. The third-order valence-electron chi connectivity index (χ3n) is 3.71. The van der Waals surface area contributed by atoms with Gasteiger partial charge >= 0.3 is 0 Å². The number of aromatic nitrogens is 2. The molecular formula is C16H13N3O. The van der Waals surface area contributed by atoms with Crippen LogP contribution in [0.15, 0.2) is 59.4 Å². The quantitative estimate of drug-likeness (QED) is 0.789. The summed E-state index contributed by atoms with van der Waals surface area (Å²) in [5, 5.41) is 7.35. The molecule has 2 aromatic carbocycles. The topological polar surface area (TPSA) is 51.0 Å². The maximum absolute atomic E-state index is 4.77. The van der Waals surface area contributed by atoms with Crippen molar-refractivity contribution in [3.63, 3.8) is 0 Å². The molecule has 20 heavy (non-hydrogen) atoms. The summed E-state index contributed by atoms with van der Waals surface area (Å²) in [7, 11) is 0. The van der Waals surface area contributed by atoms with Crippen LogP contribution in [-0.4, -0.2) is 10.1 Å². The third-order valence-corrected chi connectivity index (χ3v) is 3.71. The maximum Gasteiger partial charge on any atom is 0.213 e. The van der Waals surface area contributed by atoms with Crippen molar-refractivity contribution < 1.29 is 4.52 Å². The fraction of sp³-hybridized carbons (Fsp3) is 0.125. The van der Waals surface area contributed by atoms with Gasteiger partial charge in [0.1, 0.15) is 0 Å². The number of nitrogens with zero attached hydrogens (tertiary/aromatic N) is 2. The molecule has 4 nitrogen and oxygen atoms in total. The summed E-state index contributed by atoms with van der Waals surface area (Å²) < 4.78 is 4.77. The first kappa shape index (κ1) is 11.4. The Balaban J connectivity index is 1.72. The number of fused-ring (bicyclic) bond motifs is 3. The van der Waals surface area contributed by atoms with E-state index in [-0.39, 0.29) is 6.04 Å². The average Bonchev–Trinajstić information content (AvgIpc) is 3.11. The van der Waals surface area contributed by atoms with Gasteiger partial charge in [0.25, 0.3) is 0 Å². The Morgan fingerprint density at radius 2 is 1.60 bits per heavy atom. The summed E-state index contributed by atoms with van der Waals surface area (Å²) in [5.41, 5.74) is 5.21. The minimum absolute atomic E-state index is 0.181. The van der Waals surface area contributed by atoms with Crippen molar-refractivity contribution in [3.8, 4) is 11.1 Å². The van der Waals surface area contributed by atoms with Gasteiger partial charge in [0, 0.05) is 0 Å². The zero-order valence-electron chi connectivity index (χ0n) is 10.8. The standard InChI is InChI=1S/C16H13N3O/c1-3-7-13-11(5-1)12-6-2-4-8-14(12)16(13)17-9-15-18-10-20-19-15/h1-8,10,16-17H,9H2. The summed E-state index contributed by atoms with van der Waals surface area (Å²) in [6.45, 7) is 0.587. The zero-order valence-corrected chi connectivity index (χ0v) is 10.8. The second-order valence-electron chi connectivity index (χ2n) is 4.84. The molecule has 1 N–H and O–H groups in total. The SMILES string of the molecule is c1ccc2c(c1)-c1ccccc1C2NCc1ncon1. The van der Waals surface area contributed by atoms with E-state index in [0.717, 1.165) is 0 Å². The lowest BCUT2D eigenvalue weighted by Gasteiger charge is -2.14. The Bertz CT molecular complexity index is 691. The third kappa shape index (κ3) is 1.73. The maximum atomic E-state index is 4.77. The van der Waals surface area contributed by atoms with Crippen LogP contribution in [0.25, 0.3) is 11.1 Å². The van der Waals surface area contributed by atoms with E-state index in [1.54, 1.807) is 0 Å². The van der Waals surface area contributed by atoms with Crippen molar-refractivity contribution in [2.45, 2.75) is 12.6 Å². The lowest BCUT2D eigenvalue weighted by molar-refractivity contribution is 0.406. The van der Waals surface area contributed by atoms with E-state index in [1.807, 2.05) is 0 Å². The monoisotopic (exact) mass is 263 g/mol. The molecule has 1 aliphatic carbocycles. The molecule has 0 radical (unpaired) electrons. The van der Waals surface area contributed by atoms with Crippen molar-refractivity contribution in [3.05, 3.63) is 71.9 Å². The fourth-order valence-electron chi connectivity index (χ4n) is 2.84. The van der Waals surface area contributed by atoms with Crippen LogP contribution in [0.1, 0.15) is 23.0 Å². The second-order valence-corrected chi connectivity index (χ2v) is 4.84. The van der Waals surface area contributed by atoms with Gasteiger partial charge in [0.05, 0.1) is 12.6 Å². The smallest absolute Gasteiger partial charge is 0.213 e. The number of hydrogen-bond donors (Lipinski definition) is 1. The first-order chi connectivity index (χ1) is 9.93. The Morgan fingerprint density at radius 1 is 0.950 bits per heavy atom. The van der Waals surface area contributed by atoms with Crippen molar-refractivity contribution in [1.29, 1.82) is 0 Å². The largest absolute Gasteiger partial charge is 0.343 e. The fourth-order valence-corrected chi connectivity index (χ4v) is 2.84. The van der Waals surface area contributed by atoms with Crippen LogP contribution in [-0.2, 0) is 6.54 Å². The van der Waals surface area contributed by atoms with Crippen LogP contribution in [0.3, 0.4) is 0 Å². The van der Waals surface area contributed by atoms with Gasteiger partial charge in [0.2, 0.25) is 6.39 Å².